The second kappa shape index (κ2) is 13.6. The average molecular weight is 616 g/mol. The summed E-state index contributed by atoms with van der Waals surface area (Å²) in [7, 11) is -2.90. The van der Waals surface area contributed by atoms with Gasteiger partial charge in [0.25, 0.3) is 10.0 Å². The molecule has 1 fully saturated rings. The molecule has 0 unspecified atom stereocenters. The molecule has 3 aromatic rings. The minimum atomic E-state index is -4.29. The molecule has 1 aliphatic rings. The van der Waals surface area contributed by atoms with Gasteiger partial charge in [-0.25, -0.2) is 12.8 Å². The van der Waals surface area contributed by atoms with Crippen molar-refractivity contribution in [1.29, 1.82) is 0 Å². The van der Waals surface area contributed by atoms with Crippen molar-refractivity contribution in [2.45, 2.75) is 63.1 Å². The lowest BCUT2D eigenvalue weighted by molar-refractivity contribution is -0.139. The fourth-order valence-electron chi connectivity index (χ4n) is 4.97. The number of nitrogens with one attached hydrogen (secondary N) is 1. The summed E-state index contributed by atoms with van der Waals surface area (Å²) < 4.78 is 48.1. The molecule has 42 heavy (non-hydrogen) atoms. The number of hydrogen-bond donors (Lipinski definition) is 1. The van der Waals surface area contributed by atoms with Crippen molar-refractivity contribution < 1.29 is 27.1 Å². The summed E-state index contributed by atoms with van der Waals surface area (Å²) in [6, 6.07) is 15.4. The van der Waals surface area contributed by atoms with Crippen LogP contribution in [0.15, 0.2) is 71.6 Å². The summed E-state index contributed by atoms with van der Waals surface area (Å²) in [5, 5.41) is 3.26. The van der Waals surface area contributed by atoms with Gasteiger partial charge in [0.15, 0.2) is 0 Å². The summed E-state index contributed by atoms with van der Waals surface area (Å²) in [6.45, 7) is 2.76. The van der Waals surface area contributed by atoms with E-state index in [-0.39, 0.29) is 39.8 Å². The third-order valence-electron chi connectivity index (χ3n) is 7.43. The number of nitrogens with zero attached hydrogens (tertiary/aromatic N) is 2. The zero-order valence-electron chi connectivity index (χ0n) is 23.8. The van der Waals surface area contributed by atoms with Crippen molar-refractivity contribution in [2.24, 2.45) is 0 Å². The third kappa shape index (κ3) is 7.41. The Labute approximate surface area is 251 Å². The van der Waals surface area contributed by atoms with E-state index < -0.39 is 34.3 Å². The molecule has 11 heteroatoms. The van der Waals surface area contributed by atoms with Crippen LogP contribution in [0.5, 0.6) is 5.75 Å². The Morgan fingerprint density at radius 3 is 2.31 bits per heavy atom. The Kier molecular flexibility index (Phi) is 10.1. The monoisotopic (exact) mass is 615 g/mol. The normalized spacial score (nSPS) is 14.3. The van der Waals surface area contributed by atoms with Gasteiger partial charge in [-0.3, -0.25) is 13.9 Å². The van der Waals surface area contributed by atoms with Crippen LogP contribution >= 0.6 is 11.6 Å². The number of benzene rings is 3. The molecular formula is C31H35ClFN3O5S. The molecule has 0 heterocycles. The number of aryl methyl sites for hydroxylation is 1. The average Bonchev–Trinajstić information content (AvgIpc) is 3.48. The molecule has 224 valence electrons. The molecule has 2 amide bonds. The lowest BCUT2D eigenvalue weighted by atomic mass is 10.1. The summed E-state index contributed by atoms with van der Waals surface area (Å²) in [5.41, 5.74) is 1.52. The van der Waals surface area contributed by atoms with E-state index >= 15 is 0 Å². The Bertz CT molecular complexity index is 1510. The Hall–Kier alpha value is -3.63. The van der Waals surface area contributed by atoms with E-state index in [1.165, 1.54) is 60.5 Å². The van der Waals surface area contributed by atoms with Gasteiger partial charge < -0.3 is 15.0 Å². The molecule has 1 N–H and O–H groups in total. The van der Waals surface area contributed by atoms with Crippen LogP contribution in [0.1, 0.15) is 43.7 Å². The van der Waals surface area contributed by atoms with Crippen LogP contribution in [-0.4, -0.2) is 50.9 Å². The number of rotatable bonds is 11. The first kappa shape index (κ1) is 31.3. The van der Waals surface area contributed by atoms with Crippen LogP contribution in [0.4, 0.5) is 10.1 Å². The van der Waals surface area contributed by atoms with E-state index in [1.807, 2.05) is 6.92 Å². The summed E-state index contributed by atoms with van der Waals surface area (Å²) in [4.78, 5) is 28.7. The molecule has 0 bridgehead atoms. The number of anilines is 1. The van der Waals surface area contributed by atoms with E-state index in [0.29, 0.717) is 5.56 Å². The third-order valence-corrected chi connectivity index (χ3v) is 9.44. The number of methoxy groups -OCH3 is 1. The van der Waals surface area contributed by atoms with Crippen molar-refractivity contribution in [3.05, 3.63) is 88.7 Å². The molecule has 3 aromatic carbocycles. The molecule has 0 radical (unpaired) electrons. The first-order chi connectivity index (χ1) is 20.0. The highest BCUT2D eigenvalue weighted by Crippen LogP contribution is 2.35. The van der Waals surface area contributed by atoms with E-state index in [0.717, 1.165) is 35.6 Å². The van der Waals surface area contributed by atoms with Crippen molar-refractivity contribution in [3.63, 3.8) is 0 Å². The van der Waals surface area contributed by atoms with Gasteiger partial charge in [-0.15, -0.1) is 0 Å². The Morgan fingerprint density at radius 2 is 1.69 bits per heavy atom. The predicted molar refractivity (Wildman–Crippen MR) is 161 cm³/mol. The van der Waals surface area contributed by atoms with Crippen molar-refractivity contribution in [1.82, 2.24) is 10.2 Å². The minimum absolute atomic E-state index is 0.0249. The zero-order valence-corrected chi connectivity index (χ0v) is 25.4. The fourth-order valence-corrected chi connectivity index (χ4v) is 6.55. The van der Waals surface area contributed by atoms with Crippen molar-refractivity contribution >= 4 is 39.1 Å². The number of hydrogen-bond acceptors (Lipinski definition) is 5. The first-order valence-electron chi connectivity index (χ1n) is 13.8. The SMILES string of the molecule is COc1ccc(Cl)cc1N(CC(=O)N(Cc1ccc(F)cc1)[C@@H](C)C(=O)NC1CCCC1)S(=O)(=O)c1ccc(C)cc1. The number of sulfonamides is 1. The Morgan fingerprint density at radius 1 is 1.05 bits per heavy atom. The van der Waals surface area contributed by atoms with Gasteiger partial charge in [0, 0.05) is 17.6 Å². The quantitative estimate of drug-likeness (QED) is 0.309. The van der Waals surface area contributed by atoms with Gasteiger partial charge in [-0.1, -0.05) is 54.3 Å². The summed E-state index contributed by atoms with van der Waals surface area (Å²) in [5.74, 6) is -1.22. The van der Waals surface area contributed by atoms with Gasteiger partial charge in [-0.05, 0) is 74.7 Å². The van der Waals surface area contributed by atoms with Crippen molar-refractivity contribution in [3.8, 4) is 5.75 Å². The number of carbonyl (C=O) groups is 2. The molecule has 0 aromatic heterocycles. The van der Waals surface area contributed by atoms with Gasteiger partial charge in [0.1, 0.15) is 24.2 Å². The fraction of sp³-hybridized carbons (Fsp3) is 0.355. The highest BCUT2D eigenvalue weighted by Gasteiger charge is 2.34. The molecule has 0 spiro atoms. The largest absolute Gasteiger partial charge is 0.495 e. The van der Waals surface area contributed by atoms with Gasteiger partial charge >= 0.3 is 0 Å². The second-order valence-corrected chi connectivity index (χ2v) is 12.8. The van der Waals surface area contributed by atoms with Crippen LogP contribution in [0, 0.1) is 12.7 Å². The molecule has 1 aliphatic carbocycles. The van der Waals surface area contributed by atoms with Crippen LogP contribution in [0.3, 0.4) is 0 Å². The van der Waals surface area contributed by atoms with Crippen LogP contribution in [0.2, 0.25) is 5.02 Å². The number of halogens is 2. The van der Waals surface area contributed by atoms with Gasteiger partial charge in [0.2, 0.25) is 11.8 Å². The highest BCUT2D eigenvalue weighted by molar-refractivity contribution is 7.92. The van der Waals surface area contributed by atoms with E-state index in [1.54, 1.807) is 25.1 Å². The first-order valence-corrected chi connectivity index (χ1v) is 15.6. The maximum Gasteiger partial charge on any atom is 0.264 e. The van der Waals surface area contributed by atoms with Gasteiger partial charge in [-0.2, -0.15) is 0 Å². The van der Waals surface area contributed by atoms with E-state index in [9.17, 15) is 22.4 Å². The topological polar surface area (TPSA) is 96.0 Å². The summed E-state index contributed by atoms with van der Waals surface area (Å²) >= 11 is 6.27. The Balaban J connectivity index is 1.73. The number of carbonyl (C=O) groups excluding carboxylic acids is 2. The van der Waals surface area contributed by atoms with Crippen LogP contribution in [-0.2, 0) is 26.2 Å². The molecule has 1 saturated carbocycles. The zero-order chi connectivity index (χ0) is 30.4. The lowest BCUT2D eigenvalue weighted by Crippen LogP contribution is -2.52. The van der Waals surface area contributed by atoms with Gasteiger partial charge in [0.05, 0.1) is 17.7 Å². The van der Waals surface area contributed by atoms with Crippen LogP contribution in [0.25, 0.3) is 0 Å². The summed E-state index contributed by atoms with van der Waals surface area (Å²) in [6.07, 6.45) is 3.76. The molecule has 0 aliphatic heterocycles. The minimum Gasteiger partial charge on any atom is -0.495 e. The molecular weight excluding hydrogens is 581 g/mol. The smallest absolute Gasteiger partial charge is 0.264 e. The van der Waals surface area contributed by atoms with E-state index in [4.69, 9.17) is 16.3 Å². The molecule has 4 rings (SSSR count). The lowest BCUT2D eigenvalue weighted by Gasteiger charge is -2.33. The molecule has 8 nitrogen and oxygen atoms in total. The predicted octanol–water partition coefficient (Wildman–Crippen LogP) is 5.47. The maximum atomic E-state index is 14.1. The standard InChI is InChI=1S/C31H35ClFN3O5S/c1-21-8-15-27(16-9-21)42(39,40)36(28-18-24(32)12-17-29(28)41-3)20-30(37)35(19-23-10-13-25(33)14-11-23)22(2)31(38)34-26-6-4-5-7-26/h8-18,22,26H,4-7,19-20H2,1-3H3,(H,34,38)/t22-/m0/s1. The number of ether oxygens (including phenoxy) is 1. The maximum absolute atomic E-state index is 14.1. The van der Waals surface area contributed by atoms with Crippen LogP contribution < -0.4 is 14.4 Å². The number of amides is 2. The van der Waals surface area contributed by atoms with E-state index in [2.05, 4.69) is 5.32 Å². The van der Waals surface area contributed by atoms with Crippen molar-refractivity contribution in [2.75, 3.05) is 18.0 Å². The highest BCUT2D eigenvalue weighted by atomic mass is 35.5. The second-order valence-electron chi connectivity index (χ2n) is 10.5. The molecule has 1 atom stereocenters. The molecule has 0 saturated heterocycles.